The van der Waals surface area contributed by atoms with Gasteiger partial charge in [0.05, 0.1) is 16.3 Å². The zero-order valence-electron chi connectivity index (χ0n) is 11.1. The number of hydrogen-bond acceptors (Lipinski definition) is 6. The van der Waals surface area contributed by atoms with Crippen molar-refractivity contribution in [1.82, 2.24) is 25.2 Å². The lowest BCUT2D eigenvalue weighted by Crippen LogP contribution is -2.05. The molecule has 8 heteroatoms. The van der Waals surface area contributed by atoms with Gasteiger partial charge in [0.15, 0.2) is 5.82 Å². The molecule has 0 saturated heterocycles. The topological polar surface area (TPSA) is 93.8 Å². The maximum absolute atomic E-state index is 10.7. The molecule has 0 unspecified atom stereocenters. The van der Waals surface area contributed by atoms with Crippen LogP contribution >= 0.6 is 11.8 Å². The van der Waals surface area contributed by atoms with E-state index in [0.717, 1.165) is 30.2 Å². The van der Waals surface area contributed by atoms with E-state index in [4.69, 9.17) is 5.11 Å². The molecule has 0 aliphatic rings. The fourth-order valence-electron chi connectivity index (χ4n) is 1.54. The summed E-state index contributed by atoms with van der Waals surface area (Å²) in [5.74, 6) is 0.431. The SMILES string of the molecule is CCCCn1nnnc1CSc1ccc(C(=O)O)cn1. The number of nitrogens with zero attached hydrogens (tertiary/aromatic N) is 5. The normalized spacial score (nSPS) is 10.7. The van der Waals surface area contributed by atoms with Crippen molar-refractivity contribution in [3.05, 3.63) is 29.7 Å². The summed E-state index contributed by atoms with van der Waals surface area (Å²) < 4.78 is 1.79. The fraction of sp³-hybridized carbons (Fsp3) is 0.417. The predicted molar refractivity (Wildman–Crippen MR) is 73.5 cm³/mol. The Morgan fingerprint density at radius 1 is 1.45 bits per heavy atom. The van der Waals surface area contributed by atoms with E-state index in [1.165, 1.54) is 24.0 Å². The third-order valence-electron chi connectivity index (χ3n) is 2.66. The van der Waals surface area contributed by atoms with Gasteiger partial charge in [0.25, 0.3) is 0 Å². The molecular formula is C12H15N5O2S. The fourth-order valence-corrected chi connectivity index (χ4v) is 2.31. The van der Waals surface area contributed by atoms with E-state index >= 15 is 0 Å². The molecule has 2 aromatic rings. The van der Waals surface area contributed by atoms with Gasteiger partial charge >= 0.3 is 5.97 Å². The molecule has 2 rings (SSSR count). The van der Waals surface area contributed by atoms with Crippen molar-refractivity contribution in [2.75, 3.05) is 0 Å². The summed E-state index contributed by atoms with van der Waals surface area (Å²) in [6.07, 6.45) is 3.48. The number of hydrogen-bond donors (Lipinski definition) is 1. The summed E-state index contributed by atoms with van der Waals surface area (Å²) in [6, 6.07) is 3.23. The van der Waals surface area contributed by atoms with Crippen molar-refractivity contribution in [3.8, 4) is 0 Å². The second-order valence-corrected chi connectivity index (χ2v) is 5.15. The van der Waals surface area contributed by atoms with Crippen LogP contribution in [0.25, 0.3) is 0 Å². The third-order valence-corrected chi connectivity index (χ3v) is 3.60. The Balaban J connectivity index is 1.94. The van der Waals surface area contributed by atoms with Gasteiger partial charge in [0, 0.05) is 12.7 Å². The van der Waals surface area contributed by atoms with E-state index in [1.807, 2.05) is 0 Å². The molecule has 1 N–H and O–H groups in total. The number of aryl methyl sites for hydroxylation is 1. The van der Waals surface area contributed by atoms with Gasteiger partial charge in [-0.05, 0) is 29.0 Å². The van der Waals surface area contributed by atoms with E-state index in [1.54, 1.807) is 10.7 Å². The van der Waals surface area contributed by atoms with Gasteiger partial charge < -0.3 is 5.11 Å². The molecular weight excluding hydrogens is 278 g/mol. The van der Waals surface area contributed by atoms with Gasteiger partial charge in [-0.15, -0.1) is 5.10 Å². The summed E-state index contributed by atoms with van der Waals surface area (Å²) in [7, 11) is 0. The van der Waals surface area contributed by atoms with Gasteiger partial charge in [-0.1, -0.05) is 25.1 Å². The maximum Gasteiger partial charge on any atom is 0.337 e. The minimum atomic E-state index is -0.974. The van der Waals surface area contributed by atoms with Crippen LogP contribution in [0, 0.1) is 0 Å². The highest BCUT2D eigenvalue weighted by molar-refractivity contribution is 7.98. The van der Waals surface area contributed by atoms with Crippen molar-refractivity contribution in [2.24, 2.45) is 0 Å². The minimum absolute atomic E-state index is 0.183. The second kappa shape index (κ2) is 6.99. The molecule has 20 heavy (non-hydrogen) atoms. The van der Waals surface area contributed by atoms with E-state index < -0.39 is 5.97 Å². The summed E-state index contributed by atoms with van der Waals surface area (Å²) in [5, 5.41) is 21.2. The summed E-state index contributed by atoms with van der Waals surface area (Å²) >= 11 is 1.48. The van der Waals surface area contributed by atoms with Crippen molar-refractivity contribution >= 4 is 17.7 Å². The first-order valence-corrected chi connectivity index (χ1v) is 7.26. The minimum Gasteiger partial charge on any atom is -0.478 e. The van der Waals surface area contributed by atoms with Crippen LogP contribution in [0.5, 0.6) is 0 Å². The standard InChI is InChI=1S/C12H15N5O2S/c1-2-3-6-17-10(14-15-16-17)8-20-11-5-4-9(7-13-11)12(18)19/h4-5,7H,2-3,6,8H2,1H3,(H,18,19). The second-order valence-electron chi connectivity index (χ2n) is 4.15. The van der Waals surface area contributed by atoms with E-state index in [0.29, 0.717) is 5.75 Å². The lowest BCUT2D eigenvalue weighted by atomic mass is 10.3. The number of pyridine rings is 1. The molecule has 0 aliphatic carbocycles. The van der Waals surface area contributed by atoms with E-state index in [2.05, 4.69) is 27.4 Å². The molecule has 0 amide bonds. The van der Waals surface area contributed by atoms with Crippen LogP contribution in [-0.2, 0) is 12.3 Å². The van der Waals surface area contributed by atoms with E-state index in [9.17, 15) is 4.79 Å². The summed E-state index contributed by atoms with van der Waals surface area (Å²) in [6.45, 7) is 2.93. The number of aromatic carboxylic acids is 1. The quantitative estimate of drug-likeness (QED) is 0.778. The largest absolute Gasteiger partial charge is 0.478 e. The average molecular weight is 293 g/mol. The molecule has 0 fully saturated rings. The Morgan fingerprint density at radius 2 is 2.30 bits per heavy atom. The third kappa shape index (κ3) is 3.77. The molecule has 2 aromatic heterocycles. The van der Waals surface area contributed by atoms with Crippen LogP contribution in [0.3, 0.4) is 0 Å². The van der Waals surface area contributed by atoms with Crippen LogP contribution in [0.2, 0.25) is 0 Å². The van der Waals surface area contributed by atoms with Crippen LogP contribution in [0.15, 0.2) is 23.4 Å². The molecule has 0 atom stereocenters. The highest BCUT2D eigenvalue weighted by Crippen LogP contribution is 2.19. The number of thioether (sulfide) groups is 1. The number of carbonyl (C=O) groups is 1. The van der Waals surface area contributed by atoms with Crippen LogP contribution in [0.4, 0.5) is 0 Å². The van der Waals surface area contributed by atoms with Gasteiger partial charge in [-0.3, -0.25) is 0 Å². The van der Waals surface area contributed by atoms with Crippen LogP contribution < -0.4 is 0 Å². The summed E-state index contributed by atoms with van der Waals surface area (Å²) in [5.41, 5.74) is 0.183. The number of carboxylic acids is 1. The Morgan fingerprint density at radius 3 is 2.95 bits per heavy atom. The average Bonchev–Trinajstić information content (AvgIpc) is 2.90. The first kappa shape index (κ1) is 14.4. The van der Waals surface area contributed by atoms with Crippen LogP contribution in [-0.4, -0.2) is 36.3 Å². The van der Waals surface area contributed by atoms with Gasteiger partial charge in [-0.25, -0.2) is 14.5 Å². The first-order chi connectivity index (χ1) is 9.70. The van der Waals surface area contributed by atoms with Crippen molar-refractivity contribution in [1.29, 1.82) is 0 Å². The number of carboxylic acid groups (broad SMARTS) is 1. The molecule has 0 spiro atoms. The van der Waals surface area contributed by atoms with Crippen molar-refractivity contribution in [3.63, 3.8) is 0 Å². The number of tetrazole rings is 1. The number of rotatable bonds is 7. The first-order valence-electron chi connectivity index (χ1n) is 6.28. The van der Waals surface area contributed by atoms with Gasteiger partial charge in [-0.2, -0.15) is 0 Å². The van der Waals surface area contributed by atoms with Crippen LogP contribution in [0.1, 0.15) is 35.9 Å². The number of unbranched alkanes of at least 4 members (excludes halogenated alkanes) is 1. The molecule has 7 nitrogen and oxygen atoms in total. The summed E-state index contributed by atoms with van der Waals surface area (Å²) in [4.78, 5) is 14.8. The maximum atomic E-state index is 10.7. The molecule has 2 heterocycles. The molecule has 106 valence electrons. The predicted octanol–water partition coefficient (Wildman–Crippen LogP) is 1.86. The lowest BCUT2D eigenvalue weighted by Gasteiger charge is -2.03. The molecule has 0 radical (unpaired) electrons. The van der Waals surface area contributed by atoms with Crippen molar-refractivity contribution in [2.45, 2.75) is 37.1 Å². The molecule has 0 saturated carbocycles. The zero-order valence-corrected chi connectivity index (χ0v) is 11.9. The van der Waals surface area contributed by atoms with Crippen molar-refractivity contribution < 1.29 is 9.90 Å². The van der Waals surface area contributed by atoms with Gasteiger partial charge in [0.2, 0.25) is 0 Å². The Labute approximate surface area is 120 Å². The van der Waals surface area contributed by atoms with Gasteiger partial charge in [0.1, 0.15) is 0 Å². The monoisotopic (exact) mass is 293 g/mol. The smallest absolute Gasteiger partial charge is 0.337 e. The Hall–Kier alpha value is -1.96. The highest BCUT2D eigenvalue weighted by atomic mass is 32.2. The Bertz CT molecular complexity index is 569. The Kier molecular flexibility index (Phi) is 5.05. The lowest BCUT2D eigenvalue weighted by molar-refractivity contribution is 0.0696. The highest BCUT2D eigenvalue weighted by Gasteiger charge is 2.08. The molecule has 0 aromatic carbocycles. The molecule has 0 aliphatic heterocycles. The zero-order chi connectivity index (χ0) is 14.4. The molecule has 0 bridgehead atoms. The van der Waals surface area contributed by atoms with E-state index in [-0.39, 0.29) is 5.56 Å². The number of aromatic nitrogens is 5.